The van der Waals surface area contributed by atoms with E-state index in [1.54, 1.807) is 6.92 Å². The van der Waals surface area contributed by atoms with Crippen molar-refractivity contribution in [3.05, 3.63) is 29.3 Å². The van der Waals surface area contributed by atoms with E-state index in [4.69, 9.17) is 5.11 Å². The molecule has 0 aliphatic heterocycles. The van der Waals surface area contributed by atoms with Crippen LogP contribution in [-0.4, -0.2) is 41.5 Å². The first-order valence-corrected chi connectivity index (χ1v) is 6.84. The van der Waals surface area contributed by atoms with Gasteiger partial charge in [-0.3, -0.25) is 9.59 Å². The number of likely N-dealkylation sites (N-methyl/N-ethyl adjacent to an activating group) is 1. The Bertz CT molecular complexity index is 486. The Morgan fingerprint density at radius 3 is 2.55 bits per heavy atom. The van der Waals surface area contributed by atoms with Crippen LogP contribution in [0.15, 0.2) is 18.2 Å². The van der Waals surface area contributed by atoms with E-state index >= 15 is 0 Å². The van der Waals surface area contributed by atoms with Crippen molar-refractivity contribution in [3.8, 4) is 0 Å². The average molecular weight is 278 g/mol. The van der Waals surface area contributed by atoms with Gasteiger partial charge in [0.15, 0.2) is 0 Å². The van der Waals surface area contributed by atoms with Gasteiger partial charge >= 0.3 is 11.8 Å². The number of aliphatic hydroxyl groups excluding tert-OH is 1. The van der Waals surface area contributed by atoms with Crippen LogP contribution in [0.2, 0.25) is 0 Å². The van der Waals surface area contributed by atoms with Crippen LogP contribution >= 0.6 is 0 Å². The fourth-order valence-electron chi connectivity index (χ4n) is 2.04. The molecule has 5 nitrogen and oxygen atoms in total. The molecular formula is C15H22N2O3. The quantitative estimate of drug-likeness (QED) is 0.798. The lowest BCUT2D eigenvalue weighted by atomic mass is 10.1. The maximum absolute atomic E-state index is 12.0. The molecule has 0 heterocycles. The second-order valence-electron chi connectivity index (χ2n) is 4.53. The Labute approximate surface area is 119 Å². The van der Waals surface area contributed by atoms with E-state index in [-0.39, 0.29) is 13.2 Å². The van der Waals surface area contributed by atoms with E-state index in [1.165, 1.54) is 4.90 Å². The molecular weight excluding hydrogens is 256 g/mol. The van der Waals surface area contributed by atoms with Gasteiger partial charge in [-0.1, -0.05) is 25.1 Å². The largest absolute Gasteiger partial charge is 0.395 e. The number of para-hydroxylation sites is 1. The summed E-state index contributed by atoms with van der Waals surface area (Å²) in [6, 6.07) is 5.75. The lowest BCUT2D eigenvalue weighted by molar-refractivity contribution is -0.143. The number of rotatable bonds is 5. The van der Waals surface area contributed by atoms with Gasteiger partial charge in [-0.15, -0.1) is 0 Å². The predicted molar refractivity (Wildman–Crippen MR) is 78.5 cm³/mol. The number of carbonyl (C=O) groups excluding carboxylic acids is 2. The number of amides is 2. The van der Waals surface area contributed by atoms with Gasteiger partial charge in [0.05, 0.1) is 6.61 Å². The summed E-state index contributed by atoms with van der Waals surface area (Å²) in [5.41, 5.74) is 2.63. The number of nitrogens with one attached hydrogen (secondary N) is 1. The van der Waals surface area contributed by atoms with Gasteiger partial charge in [-0.2, -0.15) is 0 Å². The van der Waals surface area contributed by atoms with E-state index in [0.717, 1.165) is 17.5 Å². The standard InChI is InChI=1S/C15H22N2O3/c1-4-12-8-6-7-11(3)13(12)16-14(19)15(20)17(5-2)9-10-18/h6-8,18H,4-5,9-10H2,1-3H3,(H,16,19). The highest BCUT2D eigenvalue weighted by Crippen LogP contribution is 2.21. The summed E-state index contributed by atoms with van der Waals surface area (Å²) in [6.45, 7) is 6.06. The normalized spacial score (nSPS) is 10.2. The topological polar surface area (TPSA) is 69.6 Å². The van der Waals surface area contributed by atoms with E-state index in [1.807, 2.05) is 32.0 Å². The van der Waals surface area contributed by atoms with Crippen molar-refractivity contribution in [2.24, 2.45) is 0 Å². The van der Waals surface area contributed by atoms with Gasteiger partial charge in [-0.25, -0.2) is 0 Å². The summed E-state index contributed by atoms with van der Waals surface area (Å²) < 4.78 is 0. The van der Waals surface area contributed by atoms with Crippen molar-refractivity contribution in [2.45, 2.75) is 27.2 Å². The minimum absolute atomic E-state index is 0.155. The molecule has 0 atom stereocenters. The molecule has 0 spiro atoms. The number of aryl methyl sites for hydroxylation is 2. The highest BCUT2D eigenvalue weighted by Gasteiger charge is 2.21. The minimum Gasteiger partial charge on any atom is -0.395 e. The Morgan fingerprint density at radius 2 is 2.00 bits per heavy atom. The van der Waals surface area contributed by atoms with Crippen LogP contribution in [0.25, 0.3) is 0 Å². The van der Waals surface area contributed by atoms with Crippen molar-refractivity contribution in [2.75, 3.05) is 25.0 Å². The van der Waals surface area contributed by atoms with E-state index in [2.05, 4.69) is 5.32 Å². The lowest BCUT2D eigenvalue weighted by Gasteiger charge is -2.20. The molecule has 2 N–H and O–H groups in total. The third-order valence-electron chi connectivity index (χ3n) is 3.21. The molecule has 0 aliphatic rings. The van der Waals surface area contributed by atoms with Crippen LogP contribution in [-0.2, 0) is 16.0 Å². The minimum atomic E-state index is -0.663. The monoisotopic (exact) mass is 278 g/mol. The predicted octanol–water partition coefficient (Wildman–Crippen LogP) is 1.34. The first kappa shape index (κ1) is 16.2. The van der Waals surface area contributed by atoms with Crippen LogP contribution in [0, 0.1) is 6.92 Å². The van der Waals surface area contributed by atoms with Crippen LogP contribution < -0.4 is 5.32 Å². The lowest BCUT2D eigenvalue weighted by Crippen LogP contribution is -2.41. The molecule has 0 aliphatic carbocycles. The molecule has 1 aromatic carbocycles. The highest BCUT2D eigenvalue weighted by atomic mass is 16.3. The van der Waals surface area contributed by atoms with Gasteiger partial charge in [0.2, 0.25) is 0 Å². The molecule has 2 amide bonds. The third kappa shape index (κ3) is 3.81. The second-order valence-corrected chi connectivity index (χ2v) is 4.53. The average Bonchev–Trinajstić information content (AvgIpc) is 2.45. The summed E-state index contributed by atoms with van der Waals surface area (Å²) in [7, 11) is 0. The summed E-state index contributed by atoms with van der Waals surface area (Å²) in [5, 5.41) is 11.6. The number of hydrogen-bond acceptors (Lipinski definition) is 3. The van der Waals surface area contributed by atoms with Crippen molar-refractivity contribution in [1.82, 2.24) is 4.90 Å². The SMILES string of the molecule is CCc1cccc(C)c1NC(=O)C(=O)N(CC)CCO. The number of aliphatic hydroxyl groups is 1. The van der Waals surface area contributed by atoms with E-state index < -0.39 is 11.8 Å². The number of hydrogen-bond donors (Lipinski definition) is 2. The summed E-state index contributed by atoms with van der Waals surface area (Å²) >= 11 is 0. The molecule has 20 heavy (non-hydrogen) atoms. The van der Waals surface area contributed by atoms with Crippen LogP contribution in [0.5, 0.6) is 0 Å². The second kappa shape index (κ2) is 7.65. The molecule has 0 bridgehead atoms. The Kier molecular flexibility index (Phi) is 6.18. The Hall–Kier alpha value is -1.88. The number of benzene rings is 1. The van der Waals surface area contributed by atoms with Crippen molar-refractivity contribution in [3.63, 3.8) is 0 Å². The molecule has 5 heteroatoms. The van der Waals surface area contributed by atoms with Crippen molar-refractivity contribution in [1.29, 1.82) is 0 Å². The molecule has 1 aromatic rings. The van der Waals surface area contributed by atoms with Crippen molar-refractivity contribution < 1.29 is 14.7 Å². The van der Waals surface area contributed by atoms with Crippen LogP contribution in [0.4, 0.5) is 5.69 Å². The van der Waals surface area contributed by atoms with E-state index in [9.17, 15) is 9.59 Å². The van der Waals surface area contributed by atoms with Crippen LogP contribution in [0.1, 0.15) is 25.0 Å². The highest BCUT2D eigenvalue weighted by molar-refractivity contribution is 6.39. The molecule has 0 unspecified atom stereocenters. The van der Waals surface area contributed by atoms with Crippen molar-refractivity contribution >= 4 is 17.5 Å². The van der Waals surface area contributed by atoms with Gasteiger partial charge < -0.3 is 15.3 Å². The number of anilines is 1. The Morgan fingerprint density at radius 1 is 1.30 bits per heavy atom. The zero-order valence-corrected chi connectivity index (χ0v) is 12.3. The zero-order chi connectivity index (χ0) is 15.1. The molecule has 0 saturated carbocycles. The molecule has 0 aromatic heterocycles. The fourth-order valence-corrected chi connectivity index (χ4v) is 2.04. The fraction of sp³-hybridized carbons (Fsp3) is 0.467. The molecule has 1 rings (SSSR count). The maximum Gasteiger partial charge on any atom is 0.313 e. The summed E-state index contributed by atoms with van der Waals surface area (Å²) in [6.07, 6.45) is 0.777. The maximum atomic E-state index is 12.0. The molecule has 0 fully saturated rings. The molecule has 0 saturated heterocycles. The summed E-state index contributed by atoms with van der Waals surface area (Å²) in [5.74, 6) is -1.28. The molecule has 110 valence electrons. The third-order valence-corrected chi connectivity index (χ3v) is 3.21. The first-order chi connectivity index (χ1) is 9.54. The first-order valence-electron chi connectivity index (χ1n) is 6.84. The van der Waals surface area contributed by atoms with E-state index in [0.29, 0.717) is 12.2 Å². The zero-order valence-electron chi connectivity index (χ0n) is 12.3. The van der Waals surface area contributed by atoms with Crippen LogP contribution in [0.3, 0.4) is 0 Å². The number of nitrogens with zero attached hydrogens (tertiary/aromatic N) is 1. The van der Waals surface area contributed by atoms with Gasteiger partial charge in [-0.05, 0) is 31.4 Å². The van der Waals surface area contributed by atoms with Gasteiger partial charge in [0.25, 0.3) is 0 Å². The Balaban J connectivity index is 2.88. The summed E-state index contributed by atoms with van der Waals surface area (Å²) in [4.78, 5) is 25.3. The number of carbonyl (C=O) groups is 2. The van der Waals surface area contributed by atoms with Gasteiger partial charge in [0.1, 0.15) is 0 Å². The van der Waals surface area contributed by atoms with Gasteiger partial charge in [0, 0.05) is 18.8 Å². The smallest absolute Gasteiger partial charge is 0.313 e. The molecule has 0 radical (unpaired) electrons.